The Labute approximate surface area is 328 Å². The van der Waals surface area contributed by atoms with Crippen molar-refractivity contribution in [2.45, 2.75) is 0 Å². The molecule has 3 heterocycles. The number of furan rings is 2. The van der Waals surface area contributed by atoms with Gasteiger partial charge in [0.25, 0.3) is 0 Å². The Kier molecular flexibility index (Phi) is 5.41. The summed E-state index contributed by atoms with van der Waals surface area (Å²) in [6, 6.07) is 43.2. The first kappa shape index (κ1) is 25.4. The Morgan fingerprint density at radius 2 is 1.02 bits per heavy atom. The molecule has 5 heteroatoms. The van der Waals surface area contributed by atoms with E-state index in [9.17, 15) is 5.48 Å². The Morgan fingerprint density at radius 3 is 1.80 bits per heavy atom. The average molecular weight is 722 g/mol. The van der Waals surface area contributed by atoms with Crippen molar-refractivity contribution in [3.05, 3.63) is 176 Å². The number of aromatic nitrogens is 3. The molecule has 0 saturated carbocycles. The number of hydrogen-bond donors (Lipinski definition) is 0. The number of rotatable bonds is 4. The zero-order chi connectivity index (χ0) is 42.0. The van der Waals surface area contributed by atoms with Gasteiger partial charge >= 0.3 is 0 Å². The van der Waals surface area contributed by atoms with Crippen molar-refractivity contribution >= 4 is 76.2 Å². The van der Waals surface area contributed by atoms with Gasteiger partial charge in [-0.2, -0.15) is 0 Å². The summed E-state index contributed by atoms with van der Waals surface area (Å²) in [5.41, 5.74) is 3.50. The maximum absolute atomic E-state index is 9.67. The first-order valence-corrected chi connectivity index (χ1v) is 18.3. The van der Waals surface area contributed by atoms with Crippen LogP contribution in [0.4, 0.5) is 0 Å². The van der Waals surface area contributed by atoms with E-state index in [-0.39, 0.29) is 81.0 Å². The molecular formula is C51H29N3O2. The van der Waals surface area contributed by atoms with Crippen LogP contribution in [0.1, 0.15) is 8.22 Å². The van der Waals surface area contributed by atoms with Gasteiger partial charge in [-0.15, -0.1) is 0 Å². The molecule has 0 aliphatic carbocycles. The van der Waals surface area contributed by atoms with E-state index in [0.29, 0.717) is 33.7 Å². The number of fused-ring (bicyclic) bond motifs is 12. The van der Waals surface area contributed by atoms with Crippen LogP contribution in [-0.2, 0) is 0 Å². The van der Waals surface area contributed by atoms with Crippen LogP contribution in [0.5, 0.6) is 0 Å². The van der Waals surface area contributed by atoms with Gasteiger partial charge in [-0.1, -0.05) is 145 Å². The van der Waals surface area contributed by atoms with Crippen molar-refractivity contribution in [3.63, 3.8) is 0 Å². The summed E-state index contributed by atoms with van der Waals surface area (Å²) in [7, 11) is 0. The van der Waals surface area contributed by atoms with E-state index in [0.717, 1.165) is 43.1 Å². The van der Waals surface area contributed by atoms with Gasteiger partial charge in [0.15, 0.2) is 17.5 Å². The maximum Gasteiger partial charge on any atom is 0.164 e. The third kappa shape index (κ3) is 4.64. The Bertz CT molecular complexity index is 3870. The average Bonchev–Trinajstić information content (AvgIpc) is 3.90. The van der Waals surface area contributed by atoms with E-state index in [1.807, 2.05) is 115 Å². The van der Waals surface area contributed by atoms with E-state index in [1.54, 1.807) is 0 Å². The molecule has 0 N–H and O–H groups in total. The standard InChI is InChI=1S/C51H29N3O2/c1-2-12-30(13-3-1)49-52-50(54-51(53-49)42-21-11-23-45-47(42)41-18-8-9-22-44(41)55-45)32-25-27-39-40-20-10-19-33(48(40)56-46(39)29-32)31-24-26-38-36-16-5-4-14-34(36)35-15-6-7-17-37(35)43(38)28-31/h1-29H/i10D,19D,20D,25D,27D,29D. The first-order valence-electron chi connectivity index (χ1n) is 21.3. The highest BCUT2D eigenvalue weighted by molar-refractivity contribution is 6.26. The predicted molar refractivity (Wildman–Crippen MR) is 229 cm³/mol. The van der Waals surface area contributed by atoms with E-state index in [1.165, 1.54) is 0 Å². The van der Waals surface area contributed by atoms with Crippen molar-refractivity contribution in [1.29, 1.82) is 0 Å². The smallest absolute Gasteiger partial charge is 0.164 e. The topological polar surface area (TPSA) is 65.0 Å². The number of nitrogens with zero attached hydrogens (tertiary/aromatic N) is 3. The van der Waals surface area contributed by atoms with Crippen LogP contribution >= 0.6 is 0 Å². The molecule has 3 aromatic heterocycles. The van der Waals surface area contributed by atoms with E-state index in [4.69, 9.17) is 26.5 Å². The van der Waals surface area contributed by atoms with Crippen molar-refractivity contribution in [3.8, 4) is 45.3 Å². The molecule has 9 aromatic carbocycles. The normalized spacial score (nSPS) is 13.4. The van der Waals surface area contributed by atoms with Gasteiger partial charge in [-0.25, -0.2) is 15.0 Å². The Balaban J connectivity index is 1.13. The lowest BCUT2D eigenvalue weighted by Gasteiger charge is -2.12. The molecule has 0 aliphatic rings. The lowest BCUT2D eigenvalue weighted by Crippen LogP contribution is -2.00. The lowest BCUT2D eigenvalue weighted by atomic mass is 9.92. The van der Waals surface area contributed by atoms with Gasteiger partial charge in [-0.3, -0.25) is 0 Å². The summed E-state index contributed by atoms with van der Waals surface area (Å²) in [6.07, 6.45) is 0. The molecule has 12 rings (SSSR count). The molecule has 12 aromatic rings. The third-order valence-electron chi connectivity index (χ3n) is 10.6. The monoisotopic (exact) mass is 721 g/mol. The second-order valence-corrected chi connectivity index (χ2v) is 13.8. The number of benzene rings is 9. The minimum Gasteiger partial charge on any atom is -0.456 e. The van der Waals surface area contributed by atoms with Crippen LogP contribution in [0, 0.1) is 0 Å². The second-order valence-electron chi connectivity index (χ2n) is 13.8. The highest BCUT2D eigenvalue weighted by Crippen LogP contribution is 2.42. The van der Waals surface area contributed by atoms with Crippen LogP contribution in [0.2, 0.25) is 0 Å². The fourth-order valence-corrected chi connectivity index (χ4v) is 8.08. The third-order valence-corrected chi connectivity index (χ3v) is 10.6. The zero-order valence-electron chi connectivity index (χ0n) is 35.4. The number of para-hydroxylation sites is 2. The lowest BCUT2D eigenvalue weighted by molar-refractivity contribution is 0.669. The molecule has 0 amide bonds. The maximum atomic E-state index is 9.67. The van der Waals surface area contributed by atoms with Crippen LogP contribution in [0.15, 0.2) is 185 Å². The highest BCUT2D eigenvalue weighted by atomic mass is 16.3. The Hall–Kier alpha value is -7.63. The highest BCUT2D eigenvalue weighted by Gasteiger charge is 2.20. The first-order chi connectivity index (χ1) is 30.3. The van der Waals surface area contributed by atoms with Crippen molar-refractivity contribution in [1.82, 2.24) is 15.0 Å². The van der Waals surface area contributed by atoms with Gasteiger partial charge in [0.05, 0.1) is 8.22 Å². The number of hydrogen-bond acceptors (Lipinski definition) is 5. The summed E-state index contributed by atoms with van der Waals surface area (Å²) in [6.45, 7) is 0. The molecule has 5 nitrogen and oxygen atoms in total. The van der Waals surface area contributed by atoms with Gasteiger partial charge in [0.2, 0.25) is 0 Å². The van der Waals surface area contributed by atoms with E-state index >= 15 is 0 Å². The molecule has 56 heavy (non-hydrogen) atoms. The van der Waals surface area contributed by atoms with Crippen LogP contribution in [0.3, 0.4) is 0 Å². The molecule has 0 bridgehead atoms. The quantitative estimate of drug-likeness (QED) is 0.169. The molecule has 0 saturated heterocycles. The van der Waals surface area contributed by atoms with Gasteiger partial charge < -0.3 is 8.83 Å². The second kappa shape index (κ2) is 11.9. The summed E-state index contributed by atoms with van der Waals surface area (Å²) in [5, 5.41) is 8.08. The molecule has 0 aliphatic heterocycles. The fraction of sp³-hybridized carbons (Fsp3) is 0. The van der Waals surface area contributed by atoms with Gasteiger partial charge in [-0.05, 0) is 68.2 Å². The SMILES string of the molecule is [2H]c1c([2H])c([2H])c2c(oc3c([2H])c(-c4nc(-c5ccccc5)nc(-c5cccc6oc7ccccc7c56)n4)c([2H])c([2H])c32)c1-c1ccc2c3ccccc3c3ccccc3c2c1. The molecule has 260 valence electrons. The van der Waals surface area contributed by atoms with E-state index < -0.39 is 0 Å². The molecule has 0 radical (unpaired) electrons. The minimum absolute atomic E-state index is 0.00757. The largest absolute Gasteiger partial charge is 0.456 e. The molecule has 0 atom stereocenters. The molecule has 0 unspecified atom stereocenters. The molecule has 0 fully saturated rings. The summed E-state index contributed by atoms with van der Waals surface area (Å²) in [5.74, 6) is 0.577. The summed E-state index contributed by atoms with van der Waals surface area (Å²) < 4.78 is 68.7. The van der Waals surface area contributed by atoms with Crippen LogP contribution < -0.4 is 0 Å². The minimum atomic E-state index is -0.351. The summed E-state index contributed by atoms with van der Waals surface area (Å²) in [4.78, 5) is 14.7. The van der Waals surface area contributed by atoms with Crippen molar-refractivity contribution < 1.29 is 17.1 Å². The Morgan fingerprint density at radius 1 is 0.375 bits per heavy atom. The van der Waals surface area contributed by atoms with E-state index in [2.05, 4.69) is 24.3 Å². The van der Waals surface area contributed by atoms with Crippen LogP contribution in [0.25, 0.3) is 121 Å². The summed E-state index contributed by atoms with van der Waals surface area (Å²) >= 11 is 0. The van der Waals surface area contributed by atoms with Crippen molar-refractivity contribution in [2.75, 3.05) is 0 Å². The van der Waals surface area contributed by atoms with Crippen molar-refractivity contribution in [2.24, 2.45) is 0 Å². The fourth-order valence-electron chi connectivity index (χ4n) is 8.08. The predicted octanol–water partition coefficient (Wildman–Crippen LogP) is 13.8. The van der Waals surface area contributed by atoms with Gasteiger partial charge in [0.1, 0.15) is 22.3 Å². The van der Waals surface area contributed by atoms with Crippen LogP contribution in [-0.4, -0.2) is 15.0 Å². The van der Waals surface area contributed by atoms with Gasteiger partial charge in [0, 0.05) is 43.8 Å². The zero-order valence-corrected chi connectivity index (χ0v) is 29.4. The molecular weight excluding hydrogens is 687 g/mol. The molecule has 0 spiro atoms.